The van der Waals surface area contributed by atoms with E-state index in [-0.39, 0.29) is 23.7 Å². The summed E-state index contributed by atoms with van der Waals surface area (Å²) in [6, 6.07) is 20.4. The molecule has 5 rings (SSSR count). The fraction of sp³-hybridized carbons (Fsp3) is 0.240. The quantitative estimate of drug-likeness (QED) is 0.647. The van der Waals surface area contributed by atoms with E-state index in [0.29, 0.717) is 6.42 Å². The molecule has 29 heavy (non-hydrogen) atoms. The Kier molecular flexibility index (Phi) is 4.47. The van der Waals surface area contributed by atoms with Gasteiger partial charge < -0.3 is 5.32 Å². The minimum atomic E-state index is -0.270. The van der Waals surface area contributed by atoms with Crippen LogP contribution in [0, 0.1) is 12.8 Å². The monoisotopic (exact) mass is 381 g/mol. The molecule has 1 aliphatic carbocycles. The molecule has 4 heteroatoms. The average Bonchev–Trinajstić information content (AvgIpc) is 2.92. The fourth-order valence-corrected chi connectivity index (χ4v) is 4.51. The molecule has 1 aliphatic heterocycles. The zero-order chi connectivity index (χ0) is 19.8. The first-order valence-electron chi connectivity index (χ1n) is 10.1. The van der Waals surface area contributed by atoms with E-state index in [0.717, 1.165) is 29.1 Å². The SMILES string of the molecule is Cc1ccc([C@@H]2CC(=O)C3C(=Nc4ccccc4N[C@@H]3c3cccnc3)C2)cc1. The molecule has 1 unspecified atom stereocenters. The minimum absolute atomic E-state index is 0.155. The molecular formula is C25H23N3O. The predicted octanol–water partition coefficient (Wildman–Crippen LogP) is 5.39. The molecule has 4 nitrogen and oxygen atoms in total. The van der Waals surface area contributed by atoms with Gasteiger partial charge in [-0.25, -0.2) is 0 Å². The van der Waals surface area contributed by atoms with Gasteiger partial charge in [0.25, 0.3) is 0 Å². The van der Waals surface area contributed by atoms with Crippen molar-refractivity contribution < 1.29 is 4.79 Å². The van der Waals surface area contributed by atoms with Crippen LogP contribution in [0.25, 0.3) is 0 Å². The summed E-state index contributed by atoms with van der Waals surface area (Å²) in [7, 11) is 0. The molecule has 0 bridgehead atoms. The number of benzene rings is 2. The van der Waals surface area contributed by atoms with Crippen LogP contribution in [0.5, 0.6) is 0 Å². The third-order valence-electron chi connectivity index (χ3n) is 6.01. The van der Waals surface area contributed by atoms with Gasteiger partial charge >= 0.3 is 0 Å². The first kappa shape index (κ1) is 17.8. The highest BCUT2D eigenvalue weighted by molar-refractivity contribution is 6.10. The minimum Gasteiger partial charge on any atom is -0.375 e. The number of para-hydroxylation sites is 2. The maximum Gasteiger partial charge on any atom is 0.144 e. The van der Waals surface area contributed by atoms with Crippen molar-refractivity contribution in [3.05, 3.63) is 89.7 Å². The summed E-state index contributed by atoms with van der Waals surface area (Å²) in [4.78, 5) is 22.7. The molecule has 1 fully saturated rings. The summed E-state index contributed by atoms with van der Waals surface area (Å²) in [6.45, 7) is 2.09. The van der Waals surface area contributed by atoms with E-state index in [1.165, 1.54) is 11.1 Å². The molecule has 2 aliphatic rings. The molecule has 1 saturated carbocycles. The van der Waals surface area contributed by atoms with E-state index in [1.807, 2.05) is 42.6 Å². The lowest BCUT2D eigenvalue weighted by Gasteiger charge is -2.33. The number of ketones is 1. The van der Waals surface area contributed by atoms with E-state index >= 15 is 0 Å². The van der Waals surface area contributed by atoms with Crippen LogP contribution in [0.3, 0.4) is 0 Å². The number of pyridine rings is 1. The number of rotatable bonds is 2. The maximum absolute atomic E-state index is 13.4. The highest BCUT2D eigenvalue weighted by Gasteiger charge is 2.41. The van der Waals surface area contributed by atoms with Crippen molar-refractivity contribution in [2.45, 2.75) is 31.7 Å². The van der Waals surface area contributed by atoms with Crippen molar-refractivity contribution >= 4 is 22.9 Å². The number of Topliss-reactive ketones (excluding diaryl/α,β-unsaturated/α-hetero) is 1. The summed E-state index contributed by atoms with van der Waals surface area (Å²) >= 11 is 0. The molecular weight excluding hydrogens is 358 g/mol. The number of carbonyl (C=O) groups is 1. The Balaban J connectivity index is 1.58. The van der Waals surface area contributed by atoms with E-state index in [1.54, 1.807) is 6.20 Å². The van der Waals surface area contributed by atoms with Gasteiger partial charge in [-0.15, -0.1) is 0 Å². The van der Waals surface area contributed by atoms with Crippen LogP contribution in [-0.4, -0.2) is 16.5 Å². The predicted molar refractivity (Wildman–Crippen MR) is 116 cm³/mol. The van der Waals surface area contributed by atoms with Crippen LogP contribution in [-0.2, 0) is 4.79 Å². The summed E-state index contributed by atoms with van der Waals surface area (Å²) < 4.78 is 0. The van der Waals surface area contributed by atoms with Crippen LogP contribution < -0.4 is 5.32 Å². The third-order valence-corrected chi connectivity index (χ3v) is 6.01. The van der Waals surface area contributed by atoms with E-state index < -0.39 is 0 Å². The first-order valence-corrected chi connectivity index (χ1v) is 10.1. The Morgan fingerprint density at radius 2 is 1.76 bits per heavy atom. The normalized spacial score (nSPS) is 23.3. The molecule has 0 radical (unpaired) electrons. The summed E-state index contributed by atoms with van der Waals surface area (Å²) in [6.07, 6.45) is 4.95. The Morgan fingerprint density at radius 1 is 0.931 bits per heavy atom. The molecule has 144 valence electrons. The number of carbonyl (C=O) groups excluding carboxylic acids is 1. The summed E-state index contributed by atoms with van der Waals surface area (Å²) in [5.74, 6) is 0.154. The number of nitrogens with zero attached hydrogens (tertiary/aromatic N) is 2. The van der Waals surface area contributed by atoms with Crippen molar-refractivity contribution in [2.75, 3.05) is 5.32 Å². The number of anilines is 1. The van der Waals surface area contributed by atoms with Gasteiger partial charge in [0, 0.05) is 24.5 Å². The lowest BCUT2D eigenvalue weighted by molar-refractivity contribution is -0.122. The van der Waals surface area contributed by atoms with Gasteiger partial charge in [-0.1, -0.05) is 48.0 Å². The smallest absolute Gasteiger partial charge is 0.144 e. The Morgan fingerprint density at radius 3 is 2.55 bits per heavy atom. The molecule has 2 heterocycles. The number of hydrogen-bond donors (Lipinski definition) is 1. The largest absolute Gasteiger partial charge is 0.375 e. The second-order valence-electron chi connectivity index (χ2n) is 7.99. The molecule has 0 spiro atoms. The second-order valence-corrected chi connectivity index (χ2v) is 7.99. The van der Waals surface area contributed by atoms with E-state index in [2.05, 4.69) is 41.5 Å². The number of aliphatic imine (C=N–C) groups is 1. The van der Waals surface area contributed by atoms with Crippen molar-refractivity contribution in [3.63, 3.8) is 0 Å². The van der Waals surface area contributed by atoms with Crippen molar-refractivity contribution in [3.8, 4) is 0 Å². The molecule has 1 N–H and O–H groups in total. The average molecular weight is 381 g/mol. The Bertz CT molecular complexity index is 1070. The summed E-state index contributed by atoms with van der Waals surface area (Å²) in [5.41, 5.74) is 6.30. The Labute approximate surface area is 170 Å². The number of hydrogen-bond acceptors (Lipinski definition) is 4. The standard InChI is InChI=1S/C25H23N3O/c1-16-8-10-17(11-9-16)19-13-22-24(23(29)14-19)25(18-5-4-12-26-15-18)28-21-7-3-2-6-20(21)27-22/h2-12,15,19,24-25,28H,13-14H2,1H3/t19-,24?,25+/m0/s1. The van der Waals surface area contributed by atoms with Gasteiger partial charge in [-0.3, -0.25) is 14.8 Å². The molecule has 0 amide bonds. The number of aromatic nitrogens is 1. The second kappa shape index (κ2) is 7.28. The fourth-order valence-electron chi connectivity index (χ4n) is 4.51. The topological polar surface area (TPSA) is 54.4 Å². The van der Waals surface area contributed by atoms with Crippen molar-refractivity contribution in [1.29, 1.82) is 0 Å². The van der Waals surface area contributed by atoms with Gasteiger partial charge in [0.05, 0.1) is 23.3 Å². The zero-order valence-electron chi connectivity index (χ0n) is 16.4. The van der Waals surface area contributed by atoms with Crippen LogP contribution >= 0.6 is 0 Å². The lowest BCUT2D eigenvalue weighted by atomic mass is 9.72. The first-order chi connectivity index (χ1) is 14.2. The molecule has 1 aromatic heterocycles. The van der Waals surface area contributed by atoms with Crippen molar-refractivity contribution in [1.82, 2.24) is 4.98 Å². The molecule has 2 aromatic carbocycles. The van der Waals surface area contributed by atoms with Crippen LogP contribution in [0.1, 0.15) is 41.5 Å². The number of fused-ring (bicyclic) bond motifs is 2. The molecule has 3 atom stereocenters. The van der Waals surface area contributed by atoms with Gasteiger partial charge in [0.15, 0.2) is 0 Å². The van der Waals surface area contributed by atoms with Gasteiger partial charge in [0.2, 0.25) is 0 Å². The maximum atomic E-state index is 13.4. The number of aryl methyl sites for hydroxylation is 1. The molecule has 3 aromatic rings. The third kappa shape index (κ3) is 3.35. The van der Waals surface area contributed by atoms with E-state index in [4.69, 9.17) is 4.99 Å². The van der Waals surface area contributed by atoms with Crippen LogP contribution in [0.15, 0.2) is 78.0 Å². The molecule has 0 saturated heterocycles. The van der Waals surface area contributed by atoms with Crippen LogP contribution in [0.4, 0.5) is 11.4 Å². The van der Waals surface area contributed by atoms with Gasteiger partial charge in [-0.2, -0.15) is 0 Å². The zero-order valence-corrected chi connectivity index (χ0v) is 16.4. The van der Waals surface area contributed by atoms with Gasteiger partial charge in [0.1, 0.15) is 5.78 Å². The van der Waals surface area contributed by atoms with Gasteiger partial charge in [-0.05, 0) is 48.6 Å². The van der Waals surface area contributed by atoms with E-state index in [9.17, 15) is 4.79 Å². The highest BCUT2D eigenvalue weighted by atomic mass is 16.1. The van der Waals surface area contributed by atoms with Crippen LogP contribution in [0.2, 0.25) is 0 Å². The lowest BCUT2D eigenvalue weighted by Crippen LogP contribution is -2.38. The van der Waals surface area contributed by atoms with Crippen molar-refractivity contribution in [2.24, 2.45) is 10.9 Å². The highest BCUT2D eigenvalue weighted by Crippen LogP contribution is 2.43. The number of nitrogens with one attached hydrogen (secondary N) is 1. The Hall–Kier alpha value is -3.27. The summed E-state index contributed by atoms with van der Waals surface area (Å²) in [5, 5.41) is 3.59.